The van der Waals surface area contributed by atoms with E-state index >= 15 is 0 Å². The third-order valence-corrected chi connectivity index (χ3v) is 3.05. The second-order valence-electron chi connectivity index (χ2n) is 4.64. The number of halogens is 1. The Morgan fingerprint density at radius 2 is 2.06 bits per heavy atom. The van der Waals surface area contributed by atoms with Crippen molar-refractivity contribution in [1.29, 1.82) is 0 Å². The van der Waals surface area contributed by atoms with Crippen molar-refractivity contribution in [1.82, 2.24) is 5.32 Å². The zero-order chi connectivity index (χ0) is 13.1. The highest BCUT2D eigenvalue weighted by Crippen LogP contribution is 2.26. The lowest BCUT2D eigenvalue weighted by Crippen LogP contribution is -2.23. The molecule has 0 fully saturated rings. The first-order valence-electron chi connectivity index (χ1n) is 6.12. The van der Waals surface area contributed by atoms with Crippen molar-refractivity contribution in [2.45, 2.75) is 26.3 Å². The lowest BCUT2D eigenvalue weighted by molar-refractivity contribution is 0.479. The number of rotatable bonds is 4. The highest BCUT2D eigenvalue weighted by molar-refractivity contribution is 5.58. The lowest BCUT2D eigenvalue weighted by atomic mass is 10.1. The van der Waals surface area contributed by atoms with Gasteiger partial charge in [0.25, 0.3) is 0 Å². The van der Waals surface area contributed by atoms with Gasteiger partial charge in [-0.3, -0.25) is 0 Å². The summed E-state index contributed by atoms with van der Waals surface area (Å²) in [4.78, 5) is 0. The van der Waals surface area contributed by atoms with E-state index in [9.17, 15) is 4.39 Å². The first kappa shape index (κ1) is 12.8. The van der Waals surface area contributed by atoms with E-state index in [0.29, 0.717) is 17.4 Å². The summed E-state index contributed by atoms with van der Waals surface area (Å²) in [5.41, 5.74) is 1.43. The Hall–Kier alpha value is -1.61. The van der Waals surface area contributed by atoms with Gasteiger partial charge in [-0.25, -0.2) is 4.39 Å². The molecule has 0 saturated heterocycles. The van der Waals surface area contributed by atoms with Gasteiger partial charge in [0.2, 0.25) is 0 Å². The van der Waals surface area contributed by atoms with Gasteiger partial charge in [-0.1, -0.05) is 6.07 Å². The predicted molar refractivity (Wildman–Crippen MR) is 71.1 cm³/mol. The van der Waals surface area contributed by atoms with Crippen LogP contribution in [0.5, 0.6) is 0 Å². The van der Waals surface area contributed by atoms with E-state index < -0.39 is 0 Å². The molecule has 2 nitrogen and oxygen atoms in total. The molecule has 0 bridgehead atoms. The average molecular weight is 247 g/mol. The molecule has 0 spiro atoms. The summed E-state index contributed by atoms with van der Waals surface area (Å²) in [6.07, 6.45) is 0.796. The smallest absolute Gasteiger partial charge is 0.137 e. The summed E-state index contributed by atoms with van der Waals surface area (Å²) < 4.78 is 19.5. The number of aryl methyl sites for hydroxylation is 1. The van der Waals surface area contributed by atoms with Crippen molar-refractivity contribution < 1.29 is 8.81 Å². The summed E-state index contributed by atoms with van der Waals surface area (Å²) in [6.45, 7) is 3.95. The Bertz CT molecular complexity index is 533. The predicted octanol–water partition coefficient (Wildman–Crippen LogP) is 3.54. The molecule has 1 N–H and O–H groups in total. The van der Waals surface area contributed by atoms with Crippen molar-refractivity contribution >= 4 is 0 Å². The molecule has 3 heteroatoms. The number of nitrogens with one attached hydrogen (secondary N) is 1. The SMILES string of the molecule is CNC(C)Cc1ccc(-c2ccc(C)cc2F)o1. The highest BCUT2D eigenvalue weighted by Gasteiger charge is 2.11. The monoisotopic (exact) mass is 247 g/mol. The Kier molecular flexibility index (Phi) is 3.82. The average Bonchev–Trinajstić information content (AvgIpc) is 2.77. The van der Waals surface area contributed by atoms with Gasteiger partial charge in [-0.05, 0) is 50.7 Å². The van der Waals surface area contributed by atoms with Crippen LogP contribution in [0.4, 0.5) is 4.39 Å². The Morgan fingerprint density at radius 1 is 1.28 bits per heavy atom. The molecule has 0 aliphatic carbocycles. The fraction of sp³-hybridized carbons (Fsp3) is 0.333. The molecule has 2 aromatic rings. The molecular weight excluding hydrogens is 229 g/mol. The van der Waals surface area contributed by atoms with Crippen molar-refractivity contribution in [2.75, 3.05) is 7.05 Å². The van der Waals surface area contributed by atoms with E-state index in [2.05, 4.69) is 12.2 Å². The molecule has 1 atom stereocenters. The minimum Gasteiger partial charge on any atom is -0.461 e. The van der Waals surface area contributed by atoms with E-state index in [0.717, 1.165) is 17.7 Å². The minimum atomic E-state index is -0.238. The summed E-state index contributed by atoms with van der Waals surface area (Å²) in [6, 6.07) is 9.24. The van der Waals surface area contributed by atoms with E-state index in [-0.39, 0.29) is 5.82 Å². The fourth-order valence-electron chi connectivity index (χ4n) is 1.86. The van der Waals surface area contributed by atoms with Gasteiger partial charge < -0.3 is 9.73 Å². The molecule has 0 amide bonds. The van der Waals surface area contributed by atoms with Crippen LogP contribution in [0.15, 0.2) is 34.7 Å². The molecule has 1 heterocycles. The van der Waals surface area contributed by atoms with Crippen LogP contribution in [-0.2, 0) is 6.42 Å². The number of hydrogen-bond donors (Lipinski definition) is 1. The third kappa shape index (κ3) is 2.79. The van der Waals surface area contributed by atoms with Gasteiger partial charge in [0, 0.05) is 12.5 Å². The van der Waals surface area contributed by atoms with Crippen molar-refractivity contribution in [3.05, 3.63) is 47.5 Å². The maximum absolute atomic E-state index is 13.8. The van der Waals surface area contributed by atoms with Crippen LogP contribution in [0.25, 0.3) is 11.3 Å². The van der Waals surface area contributed by atoms with Crippen LogP contribution in [0, 0.1) is 12.7 Å². The lowest BCUT2D eigenvalue weighted by Gasteiger charge is -2.07. The largest absolute Gasteiger partial charge is 0.461 e. The number of likely N-dealkylation sites (N-methyl/N-ethyl adjacent to an activating group) is 1. The molecule has 0 radical (unpaired) electrons. The first-order valence-corrected chi connectivity index (χ1v) is 6.12. The van der Waals surface area contributed by atoms with E-state index in [1.54, 1.807) is 6.07 Å². The van der Waals surface area contributed by atoms with Gasteiger partial charge in [-0.15, -0.1) is 0 Å². The van der Waals surface area contributed by atoms with Crippen molar-refractivity contribution in [2.24, 2.45) is 0 Å². The molecular formula is C15H18FNO. The van der Waals surface area contributed by atoms with E-state index in [1.807, 2.05) is 32.2 Å². The molecule has 1 aromatic carbocycles. The molecule has 96 valence electrons. The van der Waals surface area contributed by atoms with Gasteiger partial charge in [0.1, 0.15) is 17.3 Å². The summed E-state index contributed by atoms with van der Waals surface area (Å²) >= 11 is 0. The molecule has 1 aromatic heterocycles. The number of benzene rings is 1. The van der Waals surface area contributed by atoms with Gasteiger partial charge in [0.15, 0.2) is 0 Å². The quantitative estimate of drug-likeness (QED) is 0.894. The third-order valence-electron chi connectivity index (χ3n) is 3.05. The Balaban J connectivity index is 2.24. The molecule has 0 aliphatic rings. The van der Waals surface area contributed by atoms with Gasteiger partial charge >= 0.3 is 0 Å². The molecule has 0 aliphatic heterocycles. The van der Waals surface area contributed by atoms with Crippen LogP contribution >= 0.6 is 0 Å². The van der Waals surface area contributed by atoms with Crippen LogP contribution < -0.4 is 5.32 Å². The Morgan fingerprint density at radius 3 is 2.72 bits per heavy atom. The van der Waals surface area contributed by atoms with Gasteiger partial charge in [0.05, 0.1) is 5.56 Å². The van der Waals surface area contributed by atoms with Crippen LogP contribution in [0.1, 0.15) is 18.2 Å². The molecule has 1 unspecified atom stereocenters. The van der Waals surface area contributed by atoms with Crippen LogP contribution in [0.3, 0.4) is 0 Å². The second kappa shape index (κ2) is 5.36. The zero-order valence-corrected chi connectivity index (χ0v) is 11.0. The first-order chi connectivity index (χ1) is 8.60. The topological polar surface area (TPSA) is 25.2 Å². The minimum absolute atomic E-state index is 0.238. The van der Waals surface area contributed by atoms with Crippen molar-refractivity contribution in [3.63, 3.8) is 0 Å². The van der Waals surface area contributed by atoms with E-state index in [1.165, 1.54) is 6.07 Å². The standard InChI is InChI=1S/C15H18FNO/c1-10-4-6-13(14(16)8-10)15-7-5-12(18-15)9-11(2)17-3/h4-8,11,17H,9H2,1-3H3. The number of hydrogen-bond acceptors (Lipinski definition) is 2. The van der Waals surface area contributed by atoms with Crippen molar-refractivity contribution in [3.8, 4) is 11.3 Å². The fourth-order valence-corrected chi connectivity index (χ4v) is 1.86. The van der Waals surface area contributed by atoms with Gasteiger partial charge in [-0.2, -0.15) is 0 Å². The maximum Gasteiger partial charge on any atom is 0.137 e. The van der Waals surface area contributed by atoms with E-state index in [4.69, 9.17) is 4.42 Å². The highest BCUT2D eigenvalue weighted by atomic mass is 19.1. The normalized spacial score (nSPS) is 12.7. The number of furan rings is 1. The summed E-state index contributed by atoms with van der Waals surface area (Å²) in [5.74, 6) is 1.22. The zero-order valence-electron chi connectivity index (χ0n) is 11.0. The summed E-state index contributed by atoms with van der Waals surface area (Å²) in [5, 5.41) is 3.15. The maximum atomic E-state index is 13.8. The molecule has 0 saturated carbocycles. The van der Waals surface area contributed by atoms with Crippen LogP contribution in [-0.4, -0.2) is 13.1 Å². The second-order valence-corrected chi connectivity index (χ2v) is 4.64. The Labute approximate surface area is 107 Å². The molecule has 18 heavy (non-hydrogen) atoms. The summed E-state index contributed by atoms with van der Waals surface area (Å²) in [7, 11) is 1.91. The van der Waals surface area contributed by atoms with Crippen LogP contribution in [0.2, 0.25) is 0 Å². The molecule has 2 rings (SSSR count).